The van der Waals surface area contributed by atoms with Crippen molar-refractivity contribution in [1.29, 1.82) is 0 Å². The number of aromatic carboxylic acids is 1. The molecule has 16 heavy (non-hydrogen) atoms. The van der Waals surface area contributed by atoms with Crippen molar-refractivity contribution in [1.82, 2.24) is 4.98 Å². The molecule has 0 saturated carbocycles. The summed E-state index contributed by atoms with van der Waals surface area (Å²) in [4.78, 5) is 25.6. The number of carbonyl (C=O) groups is 2. The van der Waals surface area contributed by atoms with Gasteiger partial charge in [0.05, 0.1) is 5.56 Å². The lowest BCUT2D eigenvalue weighted by atomic mass is 10.0. The van der Waals surface area contributed by atoms with Crippen LogP contribution in [0.5, 0.6) is 0 Å². The molecule has 0 aliphatic carbocycles. The van der Waals surface area contributed by atoms with Crippen molar-refractivity contribution in [3.63, 3.8) is 0 Å². The molecule has 4 heteroatoms. The van der Waals surface area contributed by atoms with Gasteiger partial charge in [0, 0.05) is 22.2 Å². The first-order chi connectivity index (χ1) is 7.52. The van der Waals surface area contributed by atoms with Crippen molar-refractivity contribution in [2.24, 2.45) is 0 Å². The maximum atomic E-state index is 11.5. The Bertz CT molecular complexity index is 596. The molecule has 1 aromatic carbocycles. The number of carboxylic acids is 1. The van der Waals surface area contributed by atoms with Gasteiger partial charge in [0.2, 0.25) is 0 Å². The van der Waals surface area contributed by atoms with Crippen LogP contribution in [-0.4, -0.2) is 21.8 Å². The minimum atomic E-state index is -1.02. The first-order valence-corrected chi connectivity index (χ1v) is 4.88. The maximum absolute atomic E-state index is 11.5. The van der Waals surface area contributed by atoms with Gasteiger partial charge in [-0.2, -0.15) is 0 Å². The molecule has 0 spiro atoms. The molecular formula is C12H11NO3. The number of H-pyrrole nitrogens is 1. The van der Waals surface area contributed by atoms with E-state index in [1.165, 1.54) is 13.0 Å². The van der Waals surface area contributed by atoms with Crippen molar-refractivity contribution < 1.29 is 14.7 Å². The zero-order valence-corrected chi connectivity index (χ0v) is 9.00. The van der Waals surface area contributed by atoms with Crippen LogP contribution in [0.2, 0.25) is 0 Å². The lowest BCUT2D eigenvalue weighted by Crippen LogP contribution is -2.00. The van der Waals surface area contributed by atoms with Crippen LogP contribution >= 0.6 is 0 Å². The summed E-state index contributed by atoms with van der Waals surface area (Å²) in [6.45, 7) is 3.20. The molecule has 0 unspecified atom stereocenters. The third-order valence-corrected chi connectivity index (χ3v) is 2.59. The fourth-order valence-corrected chi connectivity index (χ4v) is 2.00. The topological polar surface area (TPSA) is 70.2 Å². The van der Waals surface area contributed by atoms with Crippen LogP contribution in [0.25, 0.3) is 10.9 Å². The van der Waals surface area contributed by atoms with Crippen LogP contribution in [0.15, 0.2) is 18.2 Å². The molecule has 0 radical (unpaired) electrons. The Morgan fingerprint density at radius 3 is 2.56 bits per heavy atom. The summed E-state index contributed by atoms with van der Waals surface area (Å²) in [7, 11) is 0. The summed E-state index contributed by atoms with van der Waals surface area (Å²) in [5, 5.41) is 9.57. The molecule has 1 aromatic heterocycles. The maximum Gasteiger partial charge on any atom is 0.336 e. The quantitative estimate of drug-likeness (QED) is 0.758. The van der Waals surface area contributed by atoms with E-state index in [2.05, 4.69) is 4.98 Å². The summed E-state index contributed by atoms with van der Waals surface area (Å²) >= 11 is 0. The summed E-state index contributed by atoms with van der Waals surface area (Å²) in [6, 6.07) is 4.93. The number of carboxylic acid groups (broad SMARTS) is 1. The molecule has 4 nitrogen and oxygen atoms in total. The Morgan fingerprint density at radius 1 is 1.31 bits per heavy atom. The Labute approximate surface area is 91.9 Å². The summed E-state index contributed by atoms with van der Waals surface area (Å²) in [6.07, 6.45) is 0. The van der Waals surface area contributed by atoms with Crippen LogP contribution in [0.1, 0.15) is 33.3 Å². The molecule has 2 N–H and O–H groups in total. The highest BCUT2D eigenvalue weighted by atomic mass is 16.4. The monoisotopic (exact) mass is 217 g/mol. The number of hydrogen-bond acceptors (Lipinski definition) is 2. The van der Waals surface area contributed by atoms with E-state index >= 15 is 0 Å². The molecule has 2 rings (SSSR count). The minimum absolute atomic E-state index is 0.127. The van der Waals surface area contributed by atoms with Crippen LogP contribution in [0.3, 0.4) is 0 Å². The lowest BCUT2D eigenvalue weighted by Gasteiger charge is -1.99. The van der Waals surface area contributed by atoms with Crippen molar-refractivity contribution in [2.45, 2.75) is 13.8 Å². The van der Waals surface area contributed by atoms with Gasteiger partial charge in [0.15, 0.2) is 5.78 Å². The smallest absolute Gasteiger partial charge is 0.336 e. The third kappa shape index (κ3) is 1.39. The fraction of sp³-hybridized carbons (Fsp3) is 0.167. The standard InChI is InChI=1S/C12H11NO3/c1-6-10(7(2)14)11-8(12(15)16)4-3-5-9(11)13-6/h3-5,13H,1-2H3,(H,15,16). The summed E-state index contributed by atoms with van der Waals surface area (Å²) in [5.41, 5.74) is 2.01. The number of Topliss-reactive ketones (excluding diaryl/α,β-unsaturated/α-hetero) is 1. The molecule has 1 heterocycles. The Kier molecular flexibility index (Phi) is 2.27. The molecule has 0 fully saturated rings. The lowest BCUT2D eigenvalue weighted by molar-refractivity contribution is 0.0699. The van der Waals surface area contributed by atoms with E-state index in [0.29, 0.717) is 22.2 Å². The van der Waals surface area contributed by atoms with E-state index in [9.17, 15) is 9.59 Å². The van der Waals surface area contributed by atoms with E-state index in [4.69, 9.17) is 5.11 Å². The van der Waals surface area contributed by atoms with Gasteiger partial charge in [-0.15, -0.1) is 0 Å². The Morgan fingerprint density at radius 2 is 2.00 bits per heavy atom. The predicted octanol–water partition coefficient (Wildman–Crippen LogP) is 2.38. The molecular weight excluding hydrogens is 206 g/mol. The van der Waals surface area contributed by atoms with Gasteiger partial charge < -0.3 is 10.1 Å². The van der Waals surface area contributed by atoms with E-state index in [0.717, 1.165) is 0 Å². The van der Waals surface area contributed by atoms with Crippen LogP contribution in [0, 0.1) is 6.92 Å². The number of aryl methyl sites for hydroxylation is 1. The van der Waals surface area contributed by atoms with Crippen molar-refractivity contribution in [3.8, 4) is 0 Å². The zero-order valence-electron chi connectivity index (χ0n) is 9.00. The Hall–Kier alpha value is -2.10. The largest absolute Gasteiger partial charge is 0.478 e. The fourth-order valence-electron chi connectivity index (χ4n) is 2.00. The van der Waals surface area contributed by atoms with Gasteiger partial charge in [0.1, 0.15) is 0 Å². The van der Waals surface area contributed by atoms with E-state index in [1.54, 1.807) is 19.1 Å². The number of aromatic nitrogens is 1. The number of ketones is 1. The first-order valence-electron chi connectivity index (χ1n) is 4.88. The number of benzene rings is 1. The van der Waals surface area contributed by atoms with Gasteiger partial charge in [-0.05, 0) is 26.0 Å². The number of carbonyl (C=O) groups excluding carboxylic acids is 1. The van der Waals surface area contributed by atoms with Crippen LogP contribution < -0.4 is 0 Å². The number of nitrogens with one attached hydrogen (secondary N) is 1. The highest BCUT2D eigenvalue weighted by Crippen LogP contribution is 2.26. The van der Waals surface area contributed by atoms with Crippen LogP contribution in [-0.2, 0) is 0 Å². The molecule has 2 aromatic rings. The molecule has 0 aliphatic rings. The third-order valence-electron chi connectivity index (χ3n) is 2.59. The molecule has 0 saturated heterocycles. The van der Waals surface area contributed by atoms with Gasteiger partial charge in [-0.25, -0.2) is 4.79 Å². The van der Waals surface area contributed by atoms with Gasteiger partial charge in [0.25, 0.3) is 0 Å². The normalized spacial score (nSPS) is 10.6. The number of hydrogen-bond donors (Lipinski definition) is 2. The zero-order chi connectivity index (χ0) is 11.9. The van der Waals surface area contributed by atoms with Gasteiger partial charge >= 0.3 is 5.97 Å². The molecule has 0 bridgehead atoms. The molecule has 0 amide bonds. The van der Waals surface area contributed by atoms with Gasteiger partial charge in [-0.3, -0.25) is 4.79 Å². The average Bonchev–Trinajstić information content (AvgIpc) is 2.52. The Balaban J connectivity index is 2.94. The predicted molar refractivity (Wildman–Crippen MR) is 60.0 cm³/mol. The van der Waals surface area contributed by atoms with Crippen molar-refractivity contribution >= 4 is 22.7 Å². The second kappa shape index (κ2) is 3.48. The first kappa shape index (κ1) is 10.4. The molecule has 82 valence electrons. The second-order valence-corrected chi connectivity index (χ2v) is 3.71. The van der Waals surface area contributed by atoms with E-state index in [-0.39, 0.29) is 11.3 Å². The number of aromatic amines is 1. The average molecular weight is 217 g/mol. The second-order valence-electron chi connectivity index (χ2n) is 3.71. The minimum Gasteiger partial charge on any atom is -0.478 e. The molecule has 0 aliphatic heterocycles. The van der Waals surface area contributed by atoms with Gasteiger partial charge in [-0.1, -0.05) is 6.07 Å². The molecule has 0 atom stereocenters. The highest BCUT2D eigenvalue weighted by Gasteiger charge is 2.18. The number of rotatable bonds is 2. The summed E-state index contributed by atoms with van der Waals surface area (Å²) < 4.78 is 0. The van der Waals surface area contributed by atoms with Crippen LogP contribution in [0.4, 0.5) is 0 Å². The highest BCUT2D eigenvalue weighted by molar-refractivity contribution is 6.14. The van der Waals surface area contributed by atoms with E-state index < -0.39 is 5.97 Å². The van der Waals surface area contributed by atoms with Crippen molar-refractivity contribution in [2.75, 3.05) is 0 Å². The summed E-state index contributed by atoms with van der Waals surface area (Å²) in [5.74, 6) is -1.15. The van der Waals surface area contributed by atoms with Crippen molar-refractivity contribution in [3.05, 3.63) is 35.0 Å². The number of fused-ring (bicyclic) bond motifs is 1. The van der Waals surface area contributed by atoms with E-state index in [1.807, 2.05) is 0 Å². The SMILES string of the molecule is CC(=O)c1c(C)[nH]c2cccc(C(=O)O)c12.